The molecule has 3 rings (SSSR count). The van der Waals surface area contributed by atoms with E-state index in [1.165, 1.54) is 33.4 Å². The Hall–Kier alpha value is 0.483. The van der Waals surface area contributed by atoms with Crippen molar-refractivity contribution in [2.24, 2.45) is 0 Å². The molecule has 0 atom stereocenters. The van der Waals surface area contributed by atoms with Crippen LogP contribution >= 0.6 is 34.1 Å². The third kappa shape index (κ3) is 6.25. The van der Waals surface area contributed by atoms with E-state index in [9.17, 15) is 0 Å². The zero-order chi connectivity index (χ0) is 19.9. The summed E-state index contributed by atoms with van der Waals surface area (Å²) < 4.78 is 0. The van der Waals surface area contributed by atoms with Gasteiger partial charge in [0.15, 0.2) is 0 Å². The van der Waals surface area contributed by atoms with Gasteiger partial charge in [-0.3, -0.25) is 0 Å². The number of fused-ring (bicyclic) bond motifs is 3. The number of hydrogen-bond acceptors (Lipinski definition) is 0. The van der Waals surface area contributed by atoms with E-state index in [1.54, 1.807) is 0 Å². The Bertz CT molecular complexity index is 726. The predicted octanol–water partition coefficient (Wildman–Crippen LogP) is 8.62. The van der Waals surface area contributed by atoms with Gasteiger partial charge in [-0.2, -0.15) is 0 Å². The summed E-state index contributed by atoms with van der Waals surface area (Å²) in [7, 11) is 20.1. The van der Waals surface area contributed by atoms with Gasteiger partial charge in [-0.05, 0) is 44.2 Å². The summed E-state index contributed by atoms with van der Waals surface area (Å²) in [6.45, 7) is 13.6. The topological polar surface area (TPSA) is 0 Å². The van der Waals surface area contributed by atoms with Crippen LogP contribution in [0.15, 0.2) is 36.4 Å². The normalized spacial score (nSPS) is 13.6. The second-order valence-corrected chi connectivity index (χ2v) is 31.1. The minimum absolute atomic E-state index is 0.203. The predicted molar refractivity (Wildman–Crippen MR) is 115 cm³/mol. The molecule has 0 aliphatic heterocycles. The first-order chi connectivity index (χ1) is 11.7. The summed E-state index contributed by atoms with van der Waals surface area (Å²) in [4.78, 5) is 0. The van der Waals surface area contributed by atoms with Gasteiger partial charge in [-0.25, -0.2) is 0 Å². The van der Waals surface area contributed by atoms with Gasteiger partial charge in [0.2, 0.25) is 0 Å². The maximum atomic E-state index is 5.04. The Kier molecular flexibility index (Phi) is 7.07. The third-order valence-electron chi connectivity index (χ3n) is 4.44. The Morgan fingerprint density at radius 1 is 0.615 bits per heavy atom. The van der Waals surface area contributed by atoms with Crippen molar-refractivity contribution in [1.29, 1.82) is 0 Å². The summed E-state index contributed by atoms with van der Waals surface area (Å²) in [6.07, 6.45) is 2.34. The van der Waals surface area contributed by atoms with Crippen LogP contribution in [0.4, 0.5) is 0 Å². The van der Waals surface area contributed by atoms with Gasteiger partial charge in [-0.1, -0.05) is 77.9 Å². The zero-order valence-corrected chi connectivity index (χ0v) is 21.5. The zero-order valence-electron chi connectivity index (χ0n) is 16.1. The van der Waals surface area contributed by atoms with Crippen LogP contribution in [0, 0.1) is 6.42 Å². The van der Waals surface area contributed by atoms with Crippen molar-refractivity contribution in [3.8, 4) is 11.1 Å². The summed E-state index contributed by atoms with van der Waals surface area (Å²) >= 11 is -3.29. The van der Waals surface area contributed by atoms with Crippen molar-refractivity contribution in [1.82, 2.24) is 0 Å². The quantitative estimate of drug-likeness (QED) is 0.284. The van der Waals surface area contributed by atoms with Gasteiger partial charge in [0.25, 0.3) is 0 Å². The van der Waals surface area contributed by atoms with Gasteiger partial charge < -0.3 is 0 Å². The maximum absolute atomic E-state index is 5.04. The van der Waals surface area contributed by atoms with E-state index in [2.05, 4.69) is 84.4 Å². The second kappa shape index (κ2) is 8.08. The molecule has 0 saturated carbocycles. The molecule has 0 fully saturated rings. The molecule has 0 saturated heterocycles. The molecule has 0 heterocycles. The molecule has 0 bridgehead atoms. The summed E-state index contributed by atoms with van der Waals surface area (Å²) in [5.41, 5.74) is 8.69. The third-order valence-corrected chi connectivity index (χ3v) is 4.44. The van der Waals surface area contributed by atoms with E-state index >= 15 is 0 Å². The Morgan fingerprint density at radius 3 is 1.19 bits per heavy atom. The fourth-order valence-corrected chi connectivity index (χ4v) is 2.96. The molecule has 1 aliphatic carbocycles. The molecule has 0 N–H and O–H groups in total. The molecule has 5 heteroatoms. The van der Waals surface area contributed by atoms with E-state index in [0.29, 0.717) is 0 Å². The number of rotatable bonds is 0. The fourth-order valence-electron chi connectivity index (χ4n) is 2.96. The van der Waals surface area contributed by atoms with Crippen LogP contribution in [0.2, 0.25) is 0 Å². The van der Waals surface area contributed by atoms with E-state index < -0.39 is 15.5 Å². The fraction of sp³-hybridized carbons (Fsp3) is 0.381. The van der Waals surface area contributed by atoms with Crippen molar-refractivity contribution in [2.75, 3.05) is 0 Å². The van der Waals surface area contributed by atoms with Crippen molar-refractivity contribution in [3.63, 3.8) is 0 Å². The van der Waals surface area contributed by atoms with Crippen LogP contribution in [0.1, 0.15) is 63.8 Å². The molecule has 2 aromatic carbocycles. The summed E-state index contributed by atoms with van der Waals surface area (Å²) in [6, 6.07) is 13.8. The van der Waals surface area contributed by atoms with E-state index in [4.69, 9.17) is 34.1 Å². The molecular weight excluding hydrogens is 485 g/mol. The van der Waals surface area contributed by atoms with Crippen molar-refractivity contribution >= 4 is 34.1 Å². The molecule has 0 unspecified atom stereocenters. The first kappa shape index (κ1) is 22.8. The van der Waals surface area contributed by atoms with E-state index in [1.807, 2.05) is 0 Å². The molecule has 141 valence electrons. The van der Waals surface area contributed by atoms with Crippen LogP contribution in [0.5, 0.6) is 0 Å². The molecule has 1 aliphatic rings. The Morgan fingerprint density at radius 2 is 0.923 bits per heavy atom. The van der Waals surface area contributed by atoms with Crippen molar-refractivity contribution in [2.45, 2.75) is 52.4 Å². The number of benzene rings is 2. The van der Waals surface area contributed by atoms with Gasteiger partial charge >= 0.3 is 49.5 Å². The van der Waals surface area contributed by atoms with Crippen molar-refractivity contribution in [3.05, 3.63) is 65.1 Å². The second-order valence-electron chi connectivity index (χ2n) is 8.68. The van der Waals surface area contributed by atoms with Gasteiger partial charge in [0.05, 0.1) is 0 Å². The molecule has 1 radical (unpaired) electrons. The summed E-state index contributed by atoms with van der Waals surface area (Å²) in [5.74, 6) is 0. The first-order valence-electron chi connectivity index (χ1n) is 8.56. The van der Waals surface area contributed by atoms with Crippen LogP contribution in [0.3, 0.4) is 0 Å². The molecular formula is C21H25Cl4Zr. The number of hydrogen-bond donors (Lipinski definition) is 0. The number of halogens is 4. The van der Waals surface area contributed by atoms with Crippen LogP contribution in [0.25, 0.3) is 11.1 Å². The molecule has 2 aromatic rings. The monoisotopic (exact) mass is 507 g/mol. The van der Waals surface area contributed by atoms with Crippen LogP contribution in [-0.4, -0.2) is 0 Å². The minimum atomic E-state index is -3.29. The first-order valence-corrected chi connectivity index (χ1v) is 21.2. The summed E-state index contributed by atoms with van der Waals surface area (Å²) in [5, 5.41) is 0. The molecule has 0 nitrogen and oxygen atoms in total. The standard InChI is InChI=1S/C21H25.4ClH.Zr/c1-20(2,3)16-7-9-18-14(12-16)11-15-13-17(21(4,5)6)8-10-19(15)18;;;;;/h7-13H,1-6H3;4*1H;/q;;;;;+4/p-4. The molecule has 0 amide bonds. The van der Waals surface area contributed by atoms with Gasteiger partial charge in [0.1, 0.15) is 0 Å². The molecule has 0 spiro atoms. The average Bonchev–Trinajstić information content (AvgIpc) is 2.80. The SMILES string of the molecule is CC(C)(C)c1ccc2c(c1)[CH]c1cc(C(C)(C)C)ccc1-2.[Cl][Zr]([Cl])([Cl])[Cl]. The van der Waals surface area contributed by atoms with E-state index in [-0.39, 0.29) is 10.8 Å². The van der Waals surface area contributed by atoms with Gasteiger partial charge in [0, 0.05) is 6.42 Å². The van der Waals surface area contributed by atoms with E-state index in [0.717, 1.165) is 0 Å². The van der Waals surface area contributed by atoms with Crippen LogP contribution < -0.4 is 0 Å². The Balaban J connectivity index is 0.000000431. The molecule has 26 heavy (non-hydrogen) atoms. The Labute approximate surface area is 176 Å². The van der Waals surface area contributed by atoms with Crippen molar-refractivity contribution < 1.29 is 15.5 Å². The van der Waals surface area contributed by atoms with Crippen LogP contribution in [-0.2, 0) is 26.3 Å². The average molecular weight is 510 g/mol. The van der Waals surface area contributed by atoms with Gasteiger partial charge in [-0.15, -0.1) is 0 Å². The molecule has 0 aromatic heterocycles.